The summed E-state index contributed by atoms with van der Waals surface area (Å²) in [6.07, 6.45) is 0. The van der Waals surface area contributed by atoms with Crippen LogP contribution in [0.15, 0.2) is 124 Å². The standard InChI is InChI=1S/C30H25N7O11S3/c1-16-10-19(34-37-29-27(50-48-46-40)11-17-12-28(51(41,42)43)23(31)15-22(17)30(29)38)6-8-24(16)35-36-25-9-7-20(14-26(25)44-2)33-32-18-4-3-5-21(13-18)49-47-45-39/h3-15,38-40H,31H2,1-2H3,(H,41,42,43). The molecule has 0 saturated carbocycles. The lowest BCUT2D eigenvalue weighted by Crippen LogP contribution is -2.03. The van der Waals surface area contributed by atoms with Crippen molar-refractivity contribution in [2.45, 2.75) is 21.6 Å². The van der Waals surface area contributed by atoms with Gasteiger partial charge < -0.3 is 15.6 Å². The molecule has 0 aliphatic heterocycles. The largest absolute Gasteiger partial charge is 0.505 e. The Labute approximate surface area is 297 Å². The number of methoxy groups -OCH3 is 1. The van der Waals surface area contributed by atoms with E-state index in [-0.39, 0.29) is 27.0 Å². The van der Waals surface area contributed by atoms with Gasteiger partial charge in [0.25, 0.3) is 10.1 Å². The van der Waals surface area contributed by atoms with Crippen molar-refractivity contribution in [3.63, 3.8) is 0 Å². The number of phenols is 1. The highest BCUT2D eigenvalue weighted by Gasteiger charge is 2.20. The van der Waals surface area contributed by atoms with Crippen LogP contribution < -0.4 is 10.5 Å². The number of phenolic OH excluding ortho intramolecular Hbond substituents is 1. The number of anilines is 1. The van der Waals surface area contributed by atoms with Crippen molar-refractivity contribution >= 4 is 84.8 Å². The summed E-state index contributed by atoms with van der Waals surface area (Å²) in [4.78, 5) is 0.135. The fraction of sp³-hybridized carbons (Fsp3) is 0.0667. The molecule has 0 aliphatic rings. The van der Waals surface area contributed by atoms with Crippen LogP contribution in [0.5, 0.6) is 11.5 Å². The first-order chi connectivity index (χ1) is 24.5. The predicted octanol–water partition coefficient (Wildman–Crippen LogP) is 9.79. The molecule has 5 aromatic rings. The number of nitrogen functional groups attached to an aromatic ring is 1. The Balaban J connectivity index is 1.36. The van der Waals surface area contributed by atoms with Gasteiger partial charge in [0, 0.05) is 16.3 Å². The Morgan fingerprint density at radius 2 is 1.39 bits per heavy atom. The number of hydrogen-bond acceptors (Lipinski definition) is 19. The molecular weight excluding hydrogens is 731 g/mol. The lowest BCUT2D eigenvalue weighted by Gasteiger charge is -2.11. The van der Waals surface area contributed by atoms with E-state index >= 15 is 0 Å². The number of azo groups is 3. The summed E-state index contributed by atoms with van der Waals surface area (Å²) < 4.78 is 47.4. The van der Waals surface area contributed by atoms with Crippen LogP contribution in [-0.2, 0) is 28.9 Å². The minimum Gasteiger partial charge on any atom is -0.505 e. The Kier molecular flexibility index (Phi) is 12.2. The average molecular weight is 756 g/mol. The monoisotopic (exact) mass is 755 g/mol. The Bertz CT molecular complexity index is 2270. The van der Waals surface area contributed by atoms with Crippen LogP contribution in [0.3, 0.4) is 0 Å². The molecular formula is C30H25N7O11S3. The van der Waals surface area contributed by atoms with Gasteiger partial charge in [0.1, 0.15) is 22.0 Å². The zero-order valence-electron chi connectivity index (χ0n) is 26.1. The molecule has 0 amide bonds. The summed E-state index contributed by atoms with van der Waals surface area (Å²) in [6.45, 7) is 1.78. The smallest absolute Gasteiger partial charge is 0.296 e. The van der Waals surface area contributed by atoms with Gasteiger partial charge >= 0.3 is 0 Å². The molecule has 51 heavy (non-hydrogen) atoms. The number of nitrogens with zero attached hydrogens (tertiary/aromatic N) is 6. The van der Waals surface area contributed by atoms with E-state index < -0.39 is 20.8 Å². The van der Waals surface area contributed by atoms with Gasteiger partial charge in [-0.25, -0.2) is 10.5 Å². The van der Waals surface area contributed by atoms with Crippen LogP contribution in [0, 0.1) is 6.92 Å². The van der Waals surface area contributed by atoms with Crippen LogP contribution in [0.2, 0.25) is 0 Å². The zero-order valence-corrected chi connectivity index (χ0v) is 28.6. The molecule has 0 aromatic heterocycles. The van der Waals surface area contributed by atoms with Crippen molar-refractivity contribution in [3.05, 3.63) is 84.4 Å². The highest BCUT2D eigenvalue weighted by atomic mass is 32.2. The summed E-state index contributed by atoms with van der Waals surface area (Å²) in [5.41, 5.74) is 8.39. The number of fused-ring (bicyclic) bond motifs is 1. The third-order valence-corrected chi connectivity index (χ3v) is 8.85. The van der Waals surface area contributed by atoms with E-state index in [1.165, 1.54) is 13.2 Å². The second-order valence-electron chi connectivity index (χ2n) is 10.0. The van der Waals surface area contributed by atoms with E-state index in [0.29, 0.717) is 56.7 Å². The summed E-state index contributed by atoms with van der Waals surface area (Å²) in [7, 11) is -3.18. The summed E-state index contributed by atoms with van der Waals surface area (Å²) >= 11 is 1.25. The normalized spacial score (nSPS) is 12.2. The summed E-state index contributed by atoms with van der Waals surface area (Å²) in [6, 6.07) is 20.4. The van der Waals surface area contributed by atoms with Crippen LogP contribution in [0.4, 0.5) is 39.8 Å². The first kappa shape index (κ1) is 37.2. The molecule has 0 unspecified atom stereocenters. The quantitative estimate of drug-likeness (QED) is 0.0176. The Morgan fingerprint density at radius 1 is 0.745 bits per heavy atom. The second kappa shape index (κ2) is 16.8. The number of aromatic hydroxyl groups is 1. The molecule has 5 aromatic carbocycles. The highest BCUT2D eigenvalue weighted by molar-refractivity contribution is 7.95. The van der Waals surface area contributed by atoms with Crippen LogP contribution in [0.25, 0.3) is 10.8 Å². The van der Waals surface area contributed by atoms with E-state index in [0.717, 1.165) is 24.2 Å². The van der Waals surface area contributed by atoms with Gasteiger partial charge in [-0.2, -0.15) is 28.9 Å². The predicted molar refractivity (Wildman–Crippen MR) is 184 cm³/mol. The third-order valence-electron chi connectivity index (χ3n) is 6.75. The van der Waals surface area contributed by atoms with E-state index in [9.17, 15) is 18.1 Å². The maximum Gasteiger partial charge on any atom is 0.296 e. The molecule has 6 N–H and O–H groups in total. The van der Waals surface area contributed by atoms with Crippen molar-refractivity contribution in [2.75, 3.05) is 12.8 Å². The average Bonchev–Trinajstić information content (AvgIpc) is 3.11. The molecule has 0 fully saturated rings. The second-order valence-corrected chi connectivity index (χ2v) is 12.9. The van der Waals surface area contributed by atoms with Crippen LogP contribution >= 0.6 is 24.1 Å². The van der Waals surface area contributed by atoms with Gasteiger partial charge in [-0.1, -0.05) is 16.1 Å². The molecule has 0 bridgehead atoms. The van der Waals surface area contributed by atoms with Gasteiger partial charge in [0.15, 0.2) is 5.75 Å². The molecule has 0 spiro atoms. The Morgan fingerprint density at radius 3 is 2.08 bits per heavy atom. The lowest BCUT2D eigenvalue weighted by atomic mass is 10.1. The maximum atomic E-state index is 11.7. The minimum absolute atomic E-state index is 0.0700. The summed E-state index contributed by atoms with van der Waals surface area (Å²) in [5.74, 6) is -0.0443. The lowest BCUT2D eigenvalue weighted by molar-refractivity contribution is -0.432. The minimum atomic E-state index is -4.66. The van der Waals surface area contributed by atoms with Gasteiger partial charge in [0.2, 0.25) is 0 Å². The molecule has 0 atom stereocenters. The number of rotatable bonds is 14. The first-order valence-electron chi connectivity index (χ1n) is 14.0. The number of aryl methyl sites for hydroxylation is 1. The zero-order chi connectivity index (χ0) is 36.5. The highest BCUT2D eigenvalue weighted by Crippen LogP contribution is 2.45. The van der Waals surface area contributed by atoms with Gasteiger partial charge in [-0.05, 0) is 84.6 Å². The van der Waals surface area contributed by atoms with Gasteiger partial charge in [0.05, 0.1) is 64.5 Å². The van der Waals surface area contributed by atoms with E-state index in [4.69, 9.17) is 21.0 Å². The van der Waals surface area contributed by atoms with Crippen LogP contribution in [0.1, 0.15) is 5.56 Å². The van der Waals surface area contributed by atoms with E-state index in [1.807, 2.05) is 0 Å². The van der Waals surface area contributed by atoms with Gasteiger partial charge in [-0.15, -0.1) is 18.9 Å². The van der Waals surface area contributed by atoms with E-state index in [2.05, 4.69) is 49.4 Å². The van der Waals surface area contributed by atoms with Crippen molar-refractivity contribution in [1.82, 2.24) is 0 Å². The number of benzene rings is 5. The maximum absolute atomic E-state index is 11.7. The van der Waals surface area contributed by atoms with E-state index in [1.54, 1.807) is 67.6 Å². The van der Waals surface area contributed by atoms with Gasteiger partial charge in [-0.3, -0.25) is 4.55 Å². The molecule has 21 heteroatoms. The number of nitrogens with two attached hydrogens (primary N) is 1. The molecule has 0 radical (unpaired) electrons. The van der Waals surface area contributed by atoms with Crippen molar-refractivity contribution in [1.29, 1.82) is 0 Å². The Hall–Kier alpha value is -5.07. The molecule has 5 rings (SSSR count). The first-order valence-corrected chi connectivity index (χ1v) is 16.9. The molecule has 264 valence electrons. The SMILES string of the molecule is COc1cc(N=Nc2cccc(SOOO)c2)ccc1N=Nc1ccc(N=Nc2c(SOOO)cc3cc(S(=O)(=O)O)c(N)cc3c2O)cc1C. The summed E-state index contributed by atoms with van der Waals surface area (Å²) in [5, 5.41) is 61.0. The third kappa shape index (κ3) is 9.39. The molecule has 0 saturated heterocycles. The van der Waals surface area contributed by atoms with Crippen molar-refractivity contribution in [3.8, 4) is 11.5 Å². The van der Waals surface area contributed by atoms with Crippen molar-refractivity contribution < 1.29 is 52.1 Å². The van der Waals surface area contributed by atoms with Crippen LogP contribution in [-0.4, -0.2) is 35.7 Å². The molecule has 18 nitrogen and oxygen atoms in total. The van der Waals surface area contributed by atoms with Crippen molar-refractivity contribution in [2.24, 2.45) is 30.7 Å². The number of hydrogen-bond donors (Lipinski definition) is 5. The topological polar surface area (TPSA) is 261 Å². The molecule has 0 aliphatic carbocycles. The number of ether oxygens (including phenoxy) is 1. The fourth-order valence-corrected chi connectivity index (χ4v) is 5.97. The fourth-order valence-electron chi connectivity index (χ4n) is 4.43. The molecule has 0 heterocycles.